The summed E-state index contributed by atoms with van der Waals surface area (Å²) in [5.74, 6) is -0.389. The van der Waals surface area contributed by atoms with E-state index >= 15 is 0 Å². The van der Waals surface area contributed by atoms with E-state index in [9.17, 15) is 19.3 Å². The average Bonchev–Trinajstić information content (AvgIpc) is 2.52. The largest absolute Gasteiger partial charge is 0.294 e. The fraction of sp³-hybridized carbons (Fsp3) is 0.0667. The third kappa shape index (κ3) is 2.98. The number of benzene rings is 2. The number of nitrogens with zero attached hydrogens (tertiary/aromatic N) is 3. The van der Waals surface area contributed by atoms with Gasteiger partial charge in [-0.1, -0.05) is 22.0 Å². The van der Waals surface area contributed by atoms with Crippen LogP contribution in [0.3, 0.4) is 0 Å². The number of halogens is 2. The second kappa shape index (κ2) is 5.88. The number of aromatic nitrogens is 2. The standard InChI is InChI=1S/C15H9BrFN3O3/c16-13-5-10(17)2-1-9(13)7-19-8-18-14-4-3-11(20(22)23)6-12(14)15(19)21/h1-6,8H,7H2. The van der Waals surface area contributed by atoms with Gasteiger partial charge in [0.2, 0.25) is 0 Å². The van der Waals surface area contributed by atoms with Crippen molar-refractivity contribution in [2.75, 3.05) is 0 Å². The Morgan fingerprint density at radius 2 is 2.04 bits per heavy atom. The lowest BCUT2D eigenvalue weighted by Gasteiger charge is -2.08. The summed E-state index contributed by atoms with van der Waals surface area (Å²) >= 11 is 3.24. The van der Waals surface area contributed by atoms with Crippen molar-refractivity contribution in [1.82, 2.24) is 9.55 Å². The number of fused-ring (bicyclic) bond motifs is 1. The first-order valence-corrected chi connectivity index (χ1v) is 7.32. The summed E-state index contributed by atoms with van der Waals surface area (Å²) in [7, 11) is 0. The highest BCUT2D eigenvalue weighted by atomic mass is 79.9. The predicted molar refractivity (Wildman–Crippen MR) is 85.9 cm³/mol. The van der Waals surface area contributed by atoms with Gasteiger partial charge in [-0.3, -0.25) is 19.5 Å². The highest BCUT2D eigenvalue weighted by Crippen LogP contribution is 2.20. The molecule has 0 saturated heterocycles. The zero-order valence-corrected chi connectivity index (χ0v) is 13.2. The molecule has 1 heterocycles. The molecule has 116 valence electrons. The van der Waals surface area contributed by atoms with Crippen LogP contribution in [-0.2, 0) is 6.54 Å². The fourth-order valence-corrected chi connectivity index (χ4v) is 2.68. The monoisotopic (exact) mass is 377 g/mol. The number of nitro groups is 1. The lowest BCUT2D eigenvalue weighted by atomic mass is 10.2. The summed E-state index contributed by atoms with van der Waals surface area (Å²) in [5.41, 5.74) is 0.516. The van der Waals surface area contributed by atoms with E-state index in [1.165, 1.54) is 41.2 Å². The Balaban J connectivity index is 2.09. The summed E-state index contributed by atoms with van der Waals surface area (Å²) in [6.45, 7) is 0.172. The van der Waals surface area contributed by atoms with E-state index in [1.54, 1.807) is 6.07 Å². The van der Waals surface area contributed by atoms with Crippen molar-refractivity contribution >= 4 is 32.5 Å². The van der Waals surface area contributed by atoms with Crippen molar-refractivity contribution in [3.05, 3.63) is 79.0 Å². The van der Waals surface area contributed by atoms with E-state index in [2.05, 4.69) is 20.9 Å². The topological polar surface area (TPSA) is 78.0 Å². The minimum Gasteiger partial charge on any atom is -0.294 e. The number of non-ortho nitro benzene ring substituents is 1. The van der Waals surface area contributed by atoms with Gasteiger partial charge in [-0.25, -0.2) is 9.37 Å². The molecule has 0 radical (unpaired) electrons. The highest BCUT2D eigenvalue weighted by Gasteiger charge is 2.12. The van der Waals surface area contributed by atoms with Crippen molar-refractivity contribution in [3.8, 4) is 0 Å². The maximum atomic E-state index is 13.1. The molecule has 0 saturated carbocycles. The van der Waals surface area contributed by atoms with E-state index in [4.69, 9.17) is 0 Å². The lowest BCUT2D eigenvalue weighted by molar-refractivity contribution is -0.384. The van der Waals surface area contributed by atoms with Gasteiger partial charge in [0, 0.05) is 16.6 Å². The average molecular weight is 378 g/mol. The van der Waals surface area contributed by atoms with Crippen molar-refractivity contribution in [2.45, 2.75) is 6.54 Å². The van der Waals surface area contributed by atoms with E-state index in [0.29, 0.717) is 15.6 Å². The molecule has 3 rings (SSSR count). The summed E-state index contributed by atoms with van der Waals surface area (Å²) in [4.78, 5) is 26.9. The minimum absolute atomic E-state index is 0.167. The lowest BCUT2D eigenvalue weighted by Crippen LogP contribution is -2.21. The Bertz CT molecular complexity index is 987. The maximum Gasteiger partial charge on any atom is 0.270 e. The van der Waals surface area contributed by atoms with Gasteiger partial charge in [0.25, 0.3) is 11.2 Å². The van der Waals surface area contributed by atoms with Crippen molar-refractivity contribution in [3.63, 3.8) is 0 Å². The van der Waals surface area contributed by atoms with E-state index < -0.39 is 10.5 Å². The van der Waals surface area contributed by atoms with Crippen molar-refractivity contribution in [2.24, 2.45) is 0 Å². The van der Waals surface area contributed by atoms with Crippen LogP contribution in [0.4, 0.5) is 10.1 Å². The molecule has 8 heteroatoms. The highest BCUT2D eigenvalue weighted by molar-refractivity contribution is 9.10. The van der Waals surface area contributed by atoms with Gasteiger partial charge in [-0.05, 0) is 23.8 Å². The van der Waals surface area contributed by atoms with Gasteiger partial charge in [0.15, 0.2) is 0 Å². The summed E-state index contributed by atoms with van der Waals surface area (Å²) in [6, 6.07) is 8.11. The van der Waals surface area contributed by atoms with E-state index in [0.717, 1.165) is 0 Å². The molecule has 0 aliphatic carbocycles. The van der Waals surface area contributed by atoms with Gasteiger partial charge < -0.3 is 0 Å². The van der Waals surface area contributed by atoms with Crippen LogP contribution in [0.1, 0.15) is 5.56 Å². The zero-order chi connectivity index (χ0) is 16.6. The van der Waals surface area contributed by atoms with Gasteiger partial charge in [-0.2, -0.15) is 0 Å². The van der Waals surface area contributed by atoms with Crippen molar-refractivity contribution in [1.29, 1.82) is 0 Å². The summed E-state index contributed by atoms with van der Waals surface area (Å²) in [5, 5.41) is 11.0. The Hall–Kier alpha value is -2.61. The Kier molecular flexibility index (Phi) is 3.91. The second-order valence-corrected chi connectivity index (χ2v) is 5.73. The van der Waals surface area contributed by atoms with Crippen LogP contribution in [0.5, 0.6) is 0 Å². The fourth-order valence-electron chi connectivity index (χ4n) is 2.21. The van der Waals surface area contributed by atoms with Crippen LogP contribution in [-0.4, -0.2) is 14.5 Å². The molecule has 6 nitrogen and oxygen atoms in total. The molecule has 23 heavy (non-hydrogen) atoms. The van der Waals surface area contributed by atoms with Crippen LogP contribution in [0.2, 0.25) is 0 Å². The van der Waals surface area contributed by atoms with Crippen LogP contribution in [0.25, 0.3) is 10.9 Å². The van der Waals surface area contributed by atoms with Crippen LogP contribution >= 0.6 is 15.9 Å². The molecule has 0 aliphatic rings. The van der Waals surface area contributed by atoms with E-state index in [1.807, 2.05) is 0 Å². The maximum absolute atomic E-state index is 13.1. The summed E-state index contributed by atoms with van der Waals surface area (Å²) < 4.78 is 15.0. The molecular formula is C15H9BrFN3O3. The molecule has 1 aromatic heterocycles. The Morgan fingerprint density at radius 1 is 1.26 bits per heavy atom. The SMILES string of the molecule is O=c1c2cc([N+](=O)[O-])ccc2ncn1Cc1ccc(F)cc1Br. The van der Waals surface area contributed by atoms with Gasteiger partial charge in [0.1, 0.15) is 5.82 Å². The molecule has 3 aromatic rings. The zero-order valence-electron chi connectivity index (χ0n) is 11.6. The van der Waals surface area contributed by atoms with Gasteiger partial charge in [-0.15, -0.1) is 0 Å². The molecule has 0 spiro atoms. The quantitative estimate of drug-likeness (QED) is 0.518. The number of rotatable bonds is 3. The Morgan fingerprint density at radius 3 is 2.74 bits per heavy atom. The molecule has 0 amide bonds. The van der Waals surface area contributed by atoms with Gasteiger partial charge >= 0.3 is 0 Å². The minimum atomic E-state index is -0.563. The Labute approximate surface area is 137 Å². The van der Waals surface area contributed by atoms with Crippen LogP contribution in [0.15, 0.2) is 52.0 Å². The molecule has 0 atom stereocenters. The van der Waals surface area contributed by atoms with Gasteiger partial charge in [0.05, 0.1) is 28.7 Å². The molecule has 0 fully saturated rings. The predicted octanol–water partition coefficient (Wildman–Crippen LogP) is 3.25. The van der Waals surface area contributed by atoms with Crippen molar-refractivity contribution < 1.29 is 9.31 Å². The smallest absolute Gasteiger partial charge is 0.270 e. The molecule has 0 aliphatic heterocycles. The number of hydrogen-bond donors (Lipinski definition) is 0. The van der Waals surface area contributed by atoms with Crippen LogP contribution < -0.4 is 5.56 Å². The molecular weight excluding hydrogens is 369 g/mol. The third-order valence-corrected chi connectivity index (χ3v) is 4.11. The molecule has 2 aromatic carbocycles. The first-order valence-electron chi connectivity index (χ1n) is 6.53. The molecule has 0 unspecified atom stereocenters. The third-order valence-electron chi connectivity index (χ3n) is 3.37. The van der Waals surface area contributed by atoms with E-state index in [-0.39, 0.29) is 23.4 Å². The normalized spacial score (nSPS) is 10.9. The second-order valence-electron chi connectivity index (χ2n) is 4.87. The first-order chi connectivity index (χ1) is 11.0. The molecule has 0 N–H and O–H groups in total. The first kappa shape index (κ1) is 15.3. The molecule has 0 bridgehead atoms. The van der Waals surface area contributed by atoms with Crippen LogP contribution in [0, 0.1) is 15.9 Å². The summed E-state index contributed by atoms with van der Waals surface area (Å²) in [6.07, 6.45) is 1.37. The number of hydrogen-bond acceptors (Lipinski definition) is 4. The number of nitro benzene ring substituents is 1.